The van der Waals surface area contributed by atoms with Gasteiger partial charge in [-0.15, -0.1) is 11.8 Å². The van der Waals surface area contributed by atoms with Gasteiger partial charge in [0.05, 0.1) is 4.75 Å². The minimum atomic E-state index is -1.29. The van der Waals surface area contributed by atoms with E-state index in [1.165, 1.54) is 18.2 Å². The maximum atomic E-state index is 13.1. The van der Waals surface area contributed by atoms with Crippen LogP contribution in [-0.4, -0.2) is 45.0 Å². The zero-order chi connectivity index (χ0) is 31.8. The molecule has 0 radical (unpaired) electrons. The van der Waals surface area contributed by atoms with E-state index in [1.807, 2.05) is 0 Å². The number of ketones is 1. The Morgan fingerprint density at radius 3 is 1.93 bits per heavy atom. The second kappa shape index (κ2) is 23.0. The predicted octanol–water partition coefficient (Wildman–Crippen LogP) is 8.99. The second-order valence-corrected chi connectivity index (χ2v) is 11.5. The first-order valence-electron chi connectivity index (χ1n) is 15.3. The molecule has 0 spiro atoms. The van der Waals surface area contributed by atoms with Gasteiger partial charge in [0.25, 0.3) is 0 Å². The fourth-order valence-corrected chi connectivity index (χ4v) is 5.57. The normalized spacial score (nSPS) is 12.3. The molecular formula is C35H50N2O5S. The molecule has 7 nitrogen and oxygen atoms in total. The van der Waals surface area contributed by atoms with Gasteiger partial charge in [0.2, 0.25) is 0 Å². The smallest absolute Gasteiger partial charge is 0.339 e. The Balaban J connectivity index is 2.30. The van der Waals surface area contributed by atoms with E-state index >= 15 is 0 Å². The molecule has 1 aromatic carbocycles. The monoisotopic (exact) mass is 610 g/mol. The van der Waals surface area contributed by atoms with Crippen molar-refractivity contribution in [3.05, 3.63) is 84.5 Å². The molecule has 0 aliphatic heterocycles. The van der Waals surface area contributed by atoms with Crippen molar-refractivity contribution in [3.63, 3.8) is 0 Å². The van der Waals surface area contributed by atoms with Crippen LogP contribution in [0.4, 0.5) is 10.5 Å². The number of carbonyl (C=O) groups excluding carboxylic acids is 2. The Kier molecular flexibility index (Phi) is 20.1. The SMILES string of the molecule is CC/C=C\C/C=C\C/C=C\C/C=C\C/C=C\CCSC(CC)(CC)C(=O)CCCNC(=O)Nc1ccc(O)c(C(=O)O)c1. The lowest BCUT2D eigenvalue weighted by Crippen LogP contribution is -2.35. The zero-order valence-corrected chi connectivity index (χ0v) is 26.8. The van der Waals surface area contributed by atoms with Crippen molar-refractivity contribution in [2.45, 2.75) is 89.7 Å². The van der Waals surface area contributed by atoms with Gasteiger partial charge in [-0.3, -0.25) is 4.79 Å². The lowest BCUT2D eigenvalue weighted by Gasteiger charge is -2.29. The number of anilines is 1. The van der Waals surface area contributed by atoms with Crippen molar-refractivity contribution < 1.29 is 24.6 Å². The summed E-state index contributed by atoms with van der Waals surface area (Å²) in [6, 6.07) is 3.32. The number of carboxylic acids is 1. The van der Waals surface area contributed by atoms with Crippen LogP contribution in [0.5, 0.6) is 5.75 Å². The third kappa shape index (κ3) is 16.1. The summed E-state index contributed by atoms with van der Waals surface area (Å²) in [5.74, 6) is -0.573. The van der Waals surface area contributed by atoms with E-state index in [9.17, 15) is 19.5 Å². The largest absolute Gasteiger partial charge is 0.507 e. The average molecular weight is 611 g/mol. The number of thioether (sulfide) groups is 1. The van der Waals surface area contributed by atoms with E-state index in [-0.39, 0.29) is 22.8 Å². The molecule has 0 fully saturated rings. The molecular weight excluding hydrogens is 560 g/mol. The number of hydrogen-bond donors (Lipinski definition) is 4. The van der Waals surface area contributed by atoms with E-state index in [2.05, 4.69) is 92.2 Å². The molecule has 2 amide bonds. The zero-order valence-electron chi connectivity index (χ0n) is 26.0. The van der Waals surface area contributed by atoms with Gasteiger partial charge < -0.3 is 20.8 Å². The number of urea groups is 1. The number of rotatable bonds is 22. The summed E-state index contributed by atoms with van der Waals surface area (Å²) >= 11 is 1.73. The van der Waals surface area contributed by atoms with Gasteiger partial charge in [-0.25, -0.2) is 9.59 Å². The highest BCUT2D eigenvalue weighted by molar-refractivity contribution is 8.01. The van der Waals surface area contributed by atoms with Crippen molar-refractivity contribution in [3.8, 4) is 5.75 Å². The quantitative estimate of drug-likeness (QED) is 0.0592. The van der Waals surface area contributed by atoms with E-state index in [1.54, 1.807) is 11.8 Å². The number of phenols is 1. The fourth-order valence-electron chi connectivity index (χ4n) is 4.26. The van der Waals surface area contributed by atoms with Gasteiger partial charge in [-0.1, -0.05) is 81.5 Å². The molecule has 0 aliphatic carbocycles. The molecule has 0 atom stereocenters. The predicted molar refractivity (Wildman–Crippen MR) is 181 cm³/mol. The van der Waals surface area contributed by atoms with Crippen LogP contribution >= 0.6 is 11.8 Å². The van der Waals surface area contributed by atoms with Gasteiger partial charge in [0, 0.05) is 18.7 Å². The Bertz CT molecular complexity index is 1130. The Morgan fingerprint density at radius 1 is 0.837 bits per heavy atom. The minimum absolute atomic E-state index is 0.207. The summed E-state index contributed by atoms with van der Waals surface area (Å²) in [6.07, 6.45) is 30.1. The summed E-state index contributed by atoms with van der Waals surface area (Å²) < 4.78 is -0.414. The molecule has 0 unspecified atom stereocenters. The van der Waals surface area contributed by atoms with E-state index in [4.69, 9.17) is 5.11 Å². The molecule has 8 heteroatoms. The second-order valence-electron chi connectivity index (χ2n) is 9.99. The lowest BCUT2D eigenvalue weighted by molar-refractivity contribution is -0.121. The van der Waals surface area contributed by atoms with E-state index in [0.717, 1.165) is 57.1 Å². The van der Waals surface area contributed by atoms with Crippen molar-refractivity contribution >= 4 is 35.2 Å². The molecule has 0 aliphatic rings. The van der Waals surface area contributed by atoms with Crippen LogP contribution in [0.2, 0.25) is 0 Å². The summed E-state index contributed by atoms with van der Waals surface area (Å²) in [5.41, 5.74) is -0.0404. The summed E-state index contributed by atoms with van der Waals surface area (Å²) in [7, 11) is 0. The number of carbonyl (C=O) groups is 3. The van der Waals surface area contributed by atoms with Crippen molar-refractivity contribution in [2.75, 3.05) is 17.6 Å². The summed E-state index contributed by atoms with van der Waals surface area (Å²) in [4.78, 5) is 36.5. The number of benzene rings is 1. The highest BCUT2D eigenvalue weighted by Crippen LogP contribution is 2.35. The fraction of sp³-hybridized carbons (Fsp3) is 0.457. The molecule has 0 bridgehead atoms. The number of nitrogens with one attached hydrogen (secondary N) is 2. The van der Waals surface area contributed by atoms with Crippen LogP contribution in [0.25, 0.3) is 0 Å². The number of carboxylic acid groups (broad SMARTS) is 1. The van der Waals surface area contributed by atoms with Crippen LogP contribution < -0.4 is 10.6 Å². The first-order valence-corrected chi connectivity index (χ1v) is 16.3. The standard InChI is InChI=1S/C35H50N2O5S/c1-4-7-8-9-10-11-12-13-14-15-16-17-18-19-20-21-27-43-35(5-2,6-3)32(39)23-22-26-36-34(42)37-29-24-25-31(38)30(28-29)33(40)41/h7-8,10-11,13-14,16-17,19-20,24-25,28,38H,4-6,9,12,15,18,21-23,26-27H2,1-3H3,(H,40,41)(H2,36,37,42)/b8-7-,11-10-,14-13-,17-16-,20-19-. The number of amides is 2. The van der Waals surface area contributed by atoms with Crippen molar-refractivity contribution in [2.24, 2.45) is 0 Å². The highest BCUT2D eigenvalue weighted by atomic mass is 32.2. The Hall–Kier alpha value is -3.52. The van der Waals surface area contributed by atoms with Gasteiger partial charge in [-0.2, -0.15) is 0 Å². The van der Waals surface area contributed by atoms with Crippen LogP contribution in [0.1, 0.15) is 95.3 Å². The number of aromatic carboxylic acids is 1. The topological polar surface area (TPSA) is 116 Å². The van der Waals surface area contributed by atoms with Gasteiger partial charge >= 0.3 is 12.0 Å². The molecule has 0 aromatic heterocycles. The van der Waals surface area contributed by atoms with Crippen LogP contribution in [0.3, 0.4) is 0 Å². The molecule has 0 saturated carbocycles. The van der Waals surface area contributed by atoms with Crippen LogP contribution in [0.15, 0.2) is 79.0 Å². The van der Waals surface area contributed by atoms with Gasteiger partial charge in [0.15, 0.2) is 0 Å². The first kappa shape index (κ1) is 37.5. The van der Waals surface area contributed by atoms with Gasteiger partial charge in [0.1, 0.15) is 17.1 Å². The van der Waals surface area contributed by atoms with Gasteiger partial charge in [-0.05, 0) is 81.7 Å². The molecule has 236 valence electrons. The minimum Gasteiger partial charge on any atom is -0.507 e. The van der Waals surface area contributed by atoms with E-state index < -0.39 is 16.7 Å². The lowest BCUT2D eigenvalue weighted by atomic mass is 9.94. The molecule has 0 saturated heterocycles. The van der Waals surface area contributed by atoms with Crippen LogP contribution in [0, 0.1) is 0 Å². The summed E-state index contributed by atoms with van der Waals surface area (Å²) in [6.45, 7) is 6.57. The number of Topliss-reactive ketones (excluding diaryl/α,β-unsaturated/α-hetero) is 1. The number of aromatic hydroxyl groups is 1. The van der Waals surface area contributed by atoms with Crippen molar-refractivity contribution in [1.29, 1.82) is 0 Å². The molecule has 0 heterocycles. The summed E-state index contributed by atoms with van der Waals surface area (Å²) in [5, 5.41) is 23.9. The molecule has 43 heavy (non-hydrogen) atoms. The number of allylic oxidation sites excluding steroid dienone is 10. The number of hydrogen-bond acceptors (Lipinski definition) is 5. The highest BCUT2D eigenvalue weighted by Gasteiger charge is 2.34. The Labute approximate surface area is 262 Å². The Morgan fingerprint density at radius 2 is 1.40 bits per heavy atom. The van der Waals surface area contributed by atoms with E-state index in [0.29, 0.717) is 19.4 Å². The first-order chi connectivity index (χ1) is 20.8. The maximum Gasteiger partial charge on any atom is 0.339 e. The van der Waals surface area contributed by atoms with Crippen LogP contribution in [-0.2, 0) is 4.79 Å². The molecule has 4 N–H and O–H groups in total. The molecule has 1 aromatic rings. The van der Waals surface area contributed by atoms with Crippen molar-refractivity contribution in [1.82, 2.24) is 5.32 Å². The third-order valence-corrected chi connectivity index (χ3v) is 8.62. The average Bonchev–Trinajstić information content (AvgIpc) is 2.99. The third-order valence-electron chi connectivity index (χ3n) is 6.82. The molecule has 1 rings (SSSR count). The maximum absolute atomic E-state index is 13.1.